The van der Waals surface area contributed by atoms with Gasteiger partial charge in [-0.05, 0) is 18.2 Å². The van der Waals surface area contributed by atoms with Crippen LogP contribution in [0.5, 0.6) is 0 Å². The molecule has 9 nitrogen and oxygen atoms in total. The molecule has 14 heteroatoms. The third-order valence-corrected chi connectivity index (χ3v) is 6.77. The van der Waals surface area contributed by atoms with E-state index in [1.54, 1.807) is 0 Å². The molecule has 0 bridgehead atoms. The Morgan fingerprint density at radius 2 is 1.82 bits per heavy atom. The smallest absolute Gasteiger partial charge is 0.194 e. The minimum atomic E-state index is -2.02. The fourth-order valence-corrected chi connectivity index (χ4v) is 5.02. The average molecular weight is 505 g/mol. The van der Waals surface area contributed by atoms with Crippen LogP contribution in [-0.2, 0) is 15.5 Å². The van der Waals surface area contributed by atoms with Gasteiger partial charge in [0.1, 0.15) is 30.0 Å². The number of hydrogen-bond donors (Lipinski definition) is 3. The third-order valence-electron chi connectivity index (χ3n) is 5.07. The summed E-state index contributed by atoms with van der Waals surface area (Å²) in [5.74, 6) is -4.51. The van der Waals surface area contributed by atoms with Crippen molar-refractivity contribution in [2.24, 2.45) is 0 Å². The van der Waals surface area contributed by atoms with E-state index in [4.69, 9.17) is 16.3 Å². The summed E-state index contributed by atoms with van der Waals surface area (Å²) in [4.78, 5) is 3.97. The summed E-state index contributed by atoms with van der Waals surface area (Å²) < 4.78 is 60.0. The van der Waals surface area contributed by atoms with Gasteiger partial charge in [0, 0.05) is 18.0 Å². The van der Waals surface area contributed by atoms with Gasteiger partial charge in [0.2, 0.25) is 0 Å². The Hall–Kier alpha value is -2.42. The Labute approximate surface area is 191 Å². The molecule has 1 aliphatic heterocycles. The van der Waals surface area contributed by atoms with Crippen molar-refractivity contribution in [3.05, 3.63) is 59.3 Å². The molecule has 6 atom stereocenters. The molecule has 3 N–H and O–H groups in total. The zero-order valence-corrected chi connectivity index (χ0v) is 18.0. The van der Waals surface area contributed by atoms with Gasteiger partial charge in [0.15, 0.2) is 22.9 Å². The van der Waals surface area contributed by atoms with Gasteiger partial charge in [0.05, 0.1) is 33.5 Å². The highest BCUT2D eigenvalue weighted by Gasteiger charge is 2.48. The van der Waals surface area contributed by atoms with Crippen LogP contribution >= 0.6 is 11.6 Å². The van der Waals surface area contributed by atoms with Crippen LogP contribution in [0.2, 0.25) is 5.02 Å². The highest BCUT2D eigenvalue weighted by molar-refractivity contribution is 7.85. The van der Waals surface area contributed by atoms with Gasteiger partial charge in [0.25, 0.3) is 0 Å². The Kier molecular flexibility index (Phi) is 6.79. The zero-order chi connectivity index (χ0) is 23.9. The SMILES string of the molecule is O=S(c1cncc(Cl)c1)[C@H]1OC(CO)[C@H](O)[C@H](n2cc(-c3cc(F)c(F)c(F)c3)nn2)C1O. The maximum atomic E-state index is 13.6. The standard InChI is InChI=1S/C19H16ClF3N4O5S/c20-9-3-10(5-24-4-9)33(31)19-18(30)16(17(29)14(7-28)32-19)27-6-13(25-26-27)8-1-11(21)15(23)12(22)2-8/h1-6,14,16-19,28-30H,7H2/t14?,16-,17-,18?,19+,33?/m0/s1. The Morgan fingerprint density at radius 1 is 1.12 bits per heavy atom. The van der Waals surface area contributed by atoms with Gasteiger partial charge in [-0.1, -0.05) is 16.8 Å². The van der Waals surface area contributed by atoms with Crippen LogP contribution in [-0.4, -0.2) is 69.9 Å². The second-order valence-corrected chi connectivity index (χ2v) is 9.14. The van der Waals surface area contributed by atoms with Crippen molar-refractivity contribution in [3.8, 4) is 11.3 Å². The number of benzene rings is 1. The first-order valence-electron chi connectivity index (χ1n) is 9.41. The van der Waals surface area contributed by atoms with Gasteiger partial charge in [-0.15, -0.1) is 5.10 Å². The lowest BCUT2D eigenvalue weighted by Crippen LogP contribution is -2.57. The lowest BCUT2D eigenvalue weighted by atomic mass is 9.97. The predicted octanol–water partition coefficient (Wildman–Crippen LogP) is 1.20. The van der Waals surface area contributed by atoms with Crippen LogP contribution in [0, 0.1) is 17.5 Å². The molecule has 0 spiro atoms. The van der Waals surface area contributed by atoms with Crippen LogP contribution in [0.15, 0.2) is 41.7 Å². The molecule has 176 valence electrons. The topological polar surface area (TPSA) is 131 Å². The van der Waals surface area contributed by atoms with E-state index in [9.17, 15) is 32.7 Å². The molecular weight excluding hydrogens is 489 g/mol. The summed E-state index contributed by atoms with van der Waals surface area (Å²) in [6.45, 7) is -0.679. The second kappa shape index (κ2) is 9.44. The van der Waals surface area contributed by atoms with Gasteiger partial charge in [-0.25, -0.2) is 17.9 Å². The van der Waals surface area contributed by atoms with Crippen LogP contribution in [0.3, 0.4) is 0 Å². The highest BCUT2D eigenvalue weighted by Crippen LogP contribution is 2.34. The number of pyridine rings is 1. The van der Waals surface area contributed by atoms with Gasteiger partial charge < -0.3 is 20.1 Å². The second-order valence-electron chi connectivity index (χ2n) is 7.17. The number of aromatic nitrogens is 4. The summed E-state index contributed by atoms with van der Waals surface area (Å²) >= 11 is 5.88. The van der Waals surface area contributed by atoms with E-state index in [2.05, 4.69) is 15.3 Å². The molecule has 3 unspecified atom stereocenters. The molecule has 1 aliphatic rings. The molecule has 0 amide bonds. The number of halogens is 4. The van der Waals surface area contributed by atoms with Crippen LogP contribution in [0.4, 0.5) is 13.2 Å². The number of ether oxygens (including phenoxy) is 1. The van der Waals surface area contributed by atoms with Crippen LogP contribution in [0.1, 0.15) is 6.04 Å². The van der Waals surface area contributed by atoms with Gasteiger partial charge in [-0.3, -0.25) is 9.19 Å². The number of hydrogen-bond acceptors (Lipinski definition) is 8. The summed E-state index contributed by atoms with van der Waals surface area (Å²) in [6, 6.07) is 1.47. The summed E-state index contributed by atoms with van der Waals surface area (Å²) in [6.07, 6.45) is -0.665. The molecule has 3 aromatic rings. The Balaban J connectivity index is 1.68. The van der Waals surface area contributed by atoms with Crippen LogP contribution < -0.4 is 0 Å². The fourth-order valence-electron chi connectivity index (χ4n) is 3.45. The van der Waals surface area contributed by atoms with E-state index < -0.39 is 64.6 Å². The van der Waals surface area contributed by atoms with Crippen molar-refractivity contribution in [3.63, 3.8) is 0 Å². The monoisotopic (exact) mass is 504 g/mol. The lowest BCUT2D eigenvalue weighted by molar-refractivity contribution is -0.179. The van der Waals surface area contributed by atoms with E-state index in [1.165, 1.54) is 18.5 Å². The van der Waals surface area contributed by atoms with Crippen molar-refractivity contribution in [1.82, 2.24) is 20.0 Å². The van der Waals surface area contributed by atoms with E-state index in [0.717, 1.165) is 10.9 Å². The molecular formula is C19H16ClF3N4O5S. The number of aliphatic hydroxyl groups excluding tert-OH is 3. The maximum Gasteiger partial charge on any atom is 0.194 e. The molecule has 0 radical (unpaired) electrons. The van der Waals surface area contributed by atoms with E-state index in [-0.39, 0.29) is 21.2 Å². The third kappa shape index (κ3) is 4.52. The Bertz CT molecular complexity index is 1180. The van der Waals surface area contributed by atoms with Gasteiger partial charge >= 0.3 is 0 Å². The van der Waals surface area contributed by atoms with E-state index in [0.29, 0.717) is 12.1 Å². The average Bonchev–Trinajstić information content (AvgIpc) is 3.27. The first kappa shape index (κ1) is 23.7. The summed E-state index contributed by atoms with van der Waals surface area (Å²) in [7, 11) is -2.02. The molecule has 0 aliphatic carbocycles. The molecule has 1 aromatic carbocycles. The quantitative estimate of drug-likeness (QED) is 0.442. The van der Waals surface area contributed by atoms with Crippen molar-refractivity contribution in [2.45, 2.75) is 34.7 Å². The van der Waals surface area contributed by atoms with Crippen molar-refractivity contribution in [1.29, 1.82) is 0 Å². The minimum Gasteiger partial charge on any atom is -0.394 e. The normalized spacial score (nSPS) is 26.3. The number of aliphatic hydroxyl groups is 3. The van der Waals surface area contributed by atoms with Crippen molar-refractivity contribution < 1.29 is 37.4 Å². The van der Waals surface area contributed by atoms with E-state index >= 15 is 0 Å². The highest BCUT2D eigenvalue weighted by atomic mass is 35.5. The maximum absolute atomic E-state index is 13.6. The van der Waals surface area contributed by atoms with E-state index in [1.807, 2.05) is 0 Å². The predicted molar refractivity (Wildman–Crippen MR) is 108 cm³/mol. The molecule has 0 saturated carbocycles. The lowest BCUT2D eigenvalue weighted by Gasteiger charge is -2.41. The molecule has 1 saturated heterocycles. The first-order valence-corrected chi connectivity index (χ1v) is 11.0. The molecule has 3 heterocycles. The summed E-state index contributed by atoms with van der Waals surface area (Å²) in [5, 5.41) is 38.9. The molecule has 4 rings (SSSR count). The van der Waals surface area contributed by atoms with Crippen molar-refractivity contribution >= 4 is 22.4 Å². The first-order chi connectivity index (χ1) is 15.7. The van der Waals surface area contributed by atoms with Gasteiger partial charge in [-0.2, -0.15) is 0 Å². The molecule has 33 heavy (non-hydrogen) atoms. The molecule has 1 fully saturated rings. The minimum absolute atomic E-state index is 0.0871. The zero-order valence-electron chi connectivity index (χ0n) is 16.4. The van der Waals surface area contributed by atoms with Crippen molar-refractivity contribution in [2.75, 3.05) is 6.61 Å². The number of rotatable bonds is 5. The largest absolute Gasteiger partial charge is 0.394 e. The molecule has 2 aromatic heterocycles. The summed E-state index contributed by atoms with van der Waals surface area (Å²) in [5.41, 5.74) is -1.65. The Morgan fingerprint density at radius 3 is 2.45 bits per heavy atom. The van der Waals surface area contributed by atoms with Crippen LogP contribution in [0.25, 0.3) is 11.3 Å². The fraction of sp³-hybridized carbons (Fsp3) is 0.316. The number of nitrogens with zero attached hydrogens (tertiary/aromatic N) is 4.